The highest BCUT2D eigenvalue weighted by Crippen LogP contribution is 2.29. The summed E-state index contributed by atoms with van der Waals surface area (Å²) >= 11 is 0. The van der Waals surface area contributed by atoms with E-state index in [1.165, 1.54) is 0 Å². The van der Waals surface area contributed by atoms with Gasteiger partial charge in [0.1, 0.15) is 0 Å². The summed E-state index contributed by atoms with van der Waals surface area (Å²) < 4.78 is 0. The minimum Gasteiger partial charge on any atom is -0.326 e. The normalized spacial score (nSPS) is 15.4. The molecular formula is C24H22N2O2. The van der Waals surface area contributed by atoms with Crippen LogP contribution in [0.2, 0.25) is 0 Å². The summed E-state index contributed by atoms with van der Waals surface area (Å²) in [5, 5.41) is 5.96. The van der Waals surface area contributed by atoms with Gasteiger partial charge in [0.25, 0.3) is 0 Å². The molecule has 4 heteroatoms. The van der Waals surface area contributed by atoms with E-state index in [1.54, 1.807) is 0 Å². The Hall–Kier alpha value is -3.40. The number of carbonyl (C=O) groups is 2. The molecule has 0 radical (unpaired) electrons. The predicted molar refractivity (Wildman–Crippen MR) is 112 cm³/mol. The van der Waals surface area contributed by atoms with Gasteiger partial charge in [0, 0.05) is 29.3 Å². The minimum absolute atomic E-state index is 0.00353. The van der Waals surface area contributed by atoms with E-state index in [9.17, 15) is 9.59 Å². The molecule has 1 heterocycles. The van der Waals surface area contributed by atoms with Gasteiger partial charge in [-0.3, -0.25) is 9.59 Å². The third-order valence-corrected chi connectivity index (χ3v) is 5.12. The zero-order valence-electron chi connectivity index (χ0n) is 15.5. The van der Waals surface area contributed by atoms with Gasteiger partial charge in [-0.25, -0.2) is 0 Å². The van der Waals surface area contributed by atoms with Crippen LogP contribution in [0.1, 0.15) is 18.4 Å². The first-order valence-corrected chi connectivity index (χ1v) is 9.54. The van der Waals surface area contributed by atoms with E-state index in [-0.39, 0.29) is 17.7 Å². The van der Waals surface area contributed by atoms with Gasteiger partial charge in [-0.15, -0.1) is 0 Å². The number of carbonyl (C=O) groups excluding carboxylic acids is 2. The van der Waals surface area contributed by atoms with Gasteiger partial charge in [-0.2, -0.15) is 0 Å². The molecule has 3 aromatic rings. The van der Waals surface area contributed by atoms with Crippen molar-refractivity contribution in [2.24, 2.45) is 5.92 Å². The summed E-state index contributed by atoms with van der Waals surface area (Å²) in [6.07, 6.45) is 1.51. The number of hydrogen-bond acceptors (Lipinski definition) is 2. The molecule has 1 unspecified atom stereocenters. The fourth-order valence-corrected chi connectivity index (χ4v) is 3.63. The molecule has 4 rings (SSSR count). The first kappa shape index (κ1) is 18.0. The summed E-state index contributed by atoms with van der Waals surface area (Å²) in [6.45, 7) is 0. The number of amides is 2. The molecule has 2 amide bonds. The van der Waals surface area contributed by atoms with Gasteiger partial charge < -0.3 is 10.6 Å². The van der Waals surface area contributed by atoms with Crippen molar-refractivity contribution in [3.8, 4) is 11.1 Å². The van der Waals surface area contributed by atoms with Crippen molar-refractivity contribution in [2.75, 3.05) is 10.6 Å². The quantitative estimate of drug-likeness (QED) is 0.672. The molecule has 0 fully saturated rings. The molecule has 0 saturated carbocycles. The number of anilines is 2. The van der Waals surface area contributed by atoms with Crippen LogP contribution >= 0.6 is 0 Å². The number of rotatable bonds is 5. The van der Waals surface area contributed by atoms with E-state index in [1.807, 2.05) is 78.9 Å². The molecule has 0 bridgehead atoms. The first-order valence-electron chi connectivity index (χ1n) is 9.54. The van der Waals surface area contributed by atoms with Gasteiger partial charge in [0.2, 0.25) is 11.8 Å². The molecule has 0 aromatic heterocycles. The van der Waals surface area contributed by atoms with Gasteiger partial charge >= 0.3 is 0 Å². The molecule has 2 N–H and O–H groups in total. The van der Waals surface area contributed by atoms with E-state index in [0.29, 0.717) is 19.3 Å². The van der Waals surface area contributed by atoms with Crippen LogP contribution < -0.4 is 10.6 Å². The number of para-hydroxylation sites is 2. The first-order chi connectivity index (χ1) is 13.7. The van der Waals surface area contributed by atoms with Crippen molar-refractivity contribution < 1.29 is 9.59 Å². The molecular weight excluding hydrogens is 348 g/mol. The van der Waals surface area contributed by atoms with Crippen molar-refractivity contribution >= 4 is 23.2 Å². The Morgan fingerprint density at radius 3 is 2.50 bits per heavy atom. The zero-order valence-corrected chi connectivity index (χ0v) is 15.5. The molecule has 140 valence electrons. The molecule has 0 saturated heterocycles. The molecule has 1 atom stereocenters. The van der Waals surface area contributed by atoms with E-state index in [0.717, 1.165) is 28.1 Å². The maximum Gasteiger partial charge on any atom is 0.227 e. The Labute approximate surface area is 164 Å². The summed E-state index contributed by atoms with van der Waals surface area (Å²) in [5.74, 6) is -0.253. The number of nitrogens with one attached hydrogen (secondary N) is 2. The van der Waals surface area contributed by atoms with Crippen molar-refractivity contribution in [1.82, 2.24) is 0 Å². The molecule has 0 spiro atoms. The van der Waals surface area contributed by atoms with Gasteiger partial charge in [0.05, 0.1) is 0 Å². The average molecular weight is 370 g/mol. The van der Waals surface area contributed by atoms with Crippen LogP contribution in [0.3, 0.4) is 0 Å². The van der Waals surface area contributed by atoms with Crippen molar-refractivity contribution in [1.29, 1.82) is 0 Å². The number of fused-ring (bicyclic) bond motifs is 1. The highest BCUT2D eigenvalue weighted by molar-refractivity contribution is 5.97. The number of hydrogen-bond donors (Lipinski definition) is 2. The molecule has 1 aliphatic heterocycles. The SMILES string of the molecule is O=C(CCC1Cc2ccccc2NC1=O)Nc1ccccc1-c1ccccc1. The Morgan fingerprint density at radius 2 is 1.64 bits per heavy atom. The van der Waals surface area contributed by atoms with Crippen LogP contribution in [0.15, 0.2) is 78.9 Å². The van der Waals surface area contributed by atoms with E-state index >= 15 is 0 Å². The Kier molecular flexibility index (Phi) is 5.20. The predicted octanol–water partition coefficient (Wildman–Crippen LogP) is 4.88. The molecule has 0 aliphatic carbocycles. The second kappa shape index (κ2) is 8.09. The number of benzene rings is 3. The van der Waals surface area contributed by atoms with Crippen molar-refractivity contribution in [3.05, 3.63) is 84.4 Å². The summed E-state index contributed by atoms with van der Waals surface area (Å²) in [5.41, 5.74) is 4.84. The van der Waals surface area contributed by atoms with Crippen molar-refractivity contribution in [3.63, 3.8) is 0 Å². The second-order valence-electron chi connectivity index (χ2n) is 7.05. The highest BCUT2D eigenvalue weighted by atomic mass is 16.2. The molecule has 4 nitrogen and oxygen atoms in total. The fourth-order valence-electron chi connectivity index (χ4n) is 3.63. The van der Waals surface area contributed by atoms with E-state index in [4.69, 9.17) is 0 Å². The molecule has 1 aliphatic rings. The lowest BCUT2D eigenvalue weighted by molar-refractivity contribution is -0.121. The highest BCUT2D eigenvalue weighted by Gasteiger charge is 2.26. The maximum atomic E-state index is 12.5. The zero-order chi connectivity index (χ0) is 19.3. The lowest BCUT2D eigenvalue weighted by atomic mass is 9.89. The Balaban J connectivity index is 1.40. The largest absolute Gasteiger partial charge is 0.326 e. The summed E-state index contributed by atoms with van der Waals surface area (Å²) in [6, 6.07) is 25.6. The summed E-state index contributed by atoms with van der Waals surface area (Å²) in [7, 11) is 0. The average Bonchev–Trinajstić information content (AvgIpc) is 2.73. The van der Waals surface area contributed by atoms with Crippen LogP contribution in [-0.4, -0.2) is 11.8 Å². The molecule has 3 aromatic carbocycles. The standard InChI is InChI=1S/C24H22N2O2/c27-23(15-14-19-16-18-10-4-6-12-21(18)26-24(19)28)25-22-13-7-5-11-20(22)17-8-2-1-3-9-17/h1-13,19H,14-16H2,(H,25,27)(H,26,28). The third kappa shape index (κ3) is 3.96. The lowest BCUT2D eigenvalue weighted by Crippen LogP contribution is -2.30. The summed E-state index contributed by atoms with van der Waals surface area (Å²) in [4.78, 5) is 24.9. The van der Waals surface area contributed by atoms with Gasteiger partial charge in [-0.1, -0.05) is 66.7 Å². The van der Waals surface area contributed by atoms with Crippen LogP contribution in [0.5, 0.6) is 0 Å². The smallest absolute Gasteiger partial charge is 0.227 e. The monoisotopic (exact) mass is 370 g/mol. The Morgan fingerprint density at radius 1 is 0.929 bits per heavy atom. The molecule has 28 heavy (non-hydrogen) atoms. The Bertz CT molecular complexity index is 998. The van der Waals surface area contributed by atoms with Gasteiger partial charge in [-0.05, 0) is 36.1 Å². The maximum absolute atomic E-state index is 12.5. The van der Waals surface area contributed by atoms with E-state index < -0.39 is 0 Å². The van der Waals surface area contributed by atoms with Gasteiger partial charge in [0.15, 0.2) is 0 Å². The van der Waals surface area contributed by atoms with Crippen LogP contribution in [0, 0.1) is 5.92 Å². The van der Waals surface area contributed by atoms with E-state index in [2.05, 4.69) is 10.6 Å². The lowest BCUT2D eigenvalue weighted by Gasteiger charge is -2.24. The topological polar surface area (TPSA) is 58.2 Å². The van der Waals surface area contributed by atoms with Crippen LogP contribution in [-0.2, 0) is 16.0 Å². The minimum atomic E-state index is -0.176. The fraction of sp³-hybridized carbons (Fsp3) is 0.167. The second-order valence-corrected chi connectivity index (χ2v) is 7.05. The van der Waals surface area contributed by atoms with Crippen molar-refractivity contribution in [2.45, 2.75) is 19.3 Å². The van der Waals surface area contributed by atoms with Crippen LogP contribution in [0.4, 0.5) is 11.4 Å². The third-order valence-electron chi connectivity index (χ3n) is 5.12. The van der Waals surface area contributed by atoms with Crippen LogP contribution in [0.25, 0.3) is 11.1 Å².